The molecule has 9 heteroatoms. The second-order valence-corrected chi connectivity index (χ2v) is 8.93. The third-order valence-corrected chi connectivity index (χ3v) is 7.04. The number of nitrogens with one attached hydrogen (secondary N) is 2. The van der Waals surface area contributed by atoms with Crippen molar-refractivity contribution in [2.24, 2.45) is 28.7 Å². The van der Waals surface area contributed by atoms with Gasteiger partial charge in [-0.05, 0) is 37.3 Å². The number of likely N-dealkylation sites (tertiary alicyclic amines) is 1. The summed E-state index contributed by atoms with van der Waals surface area (Å²) >= 11 is 1.44. The van der Waals surface area contributed by atoms with E-state index in [1.807, 2.05) is 13.0 Å². The fourth-order valence-electron chi connectivity index (χ4n) is 4.68. The Bertz CT molecular complexity index is 851. The first-order chi connectivity index (χ1) is 14.6. The summed E-state index contributed by atoms with van der Waals surface area (Å²) in [4.78, 5) is 32.0. The molecule has 1 saturated heterocycles. The first-order valence-corrected chi connectivity index (χ1v) is 11.5. The van der Waals surface area contributed by atoms with Gasteiger partial charge in [0.15, 0.2) is 5.96 Å². The van der Waals surface area contributed by atoms with E-state index in [-0.39, 0.29) is 65.3 Å². The molecule has 0 spiro atoms. The summed E-state index contributed by atoms with van der Waals surface area (Å²) < 4.78 is 13.7. The average Bonchev–Trinajstić information content (AvgIpc) is 3.42. The number of hydrogen-bond acceptors (Lipinski definition) is 4. The minimum atomic E-state index is -0.212. The maximum Gasteiger partial charge on any atom is 0.233 e. The Balaban J connectivity index is 0.00000272. The van der Waals surface area contributed by atoms with Crippen molar-refractivity contribution in [1.29, 1.82) is 0 Å². The van der Waals surface area contributed by atoms with Gasteiger partial charge in [-0.25, -0.2) is 4.39 Å². The molecule has 6 nitrogen and oxygen atoms in total. The SMILES string of the molecule is CCNC(=NCCN1C(=O)C2C3C=CC(C3)C2C1=O)NCCSc1ccccc1F.I. The van der Waals surface area contributed by atoms with E-state index in [2.05, 4.69) is 27.8 Å². The lowest BCUT2D eigenvalue weighted by atomic mass is 9.85. The lowest BCUT2D eigenvalue weighted by Gasteiger charge is -2.17. The van der Waals surface area contributed by atoms with Crippen molar-refractivity contribution in [3.05, 3.63) is 42.2 Å². The van der Waals surface area contributed by atoms with E-state index >= 15 is 0 Å². The molecule has 1 saturated carbocycles. The van der Waals surface area contributed by atoms with Gasteiger partial charge in [-0.15, -0.1) is 35.7 Å². The number of guanidine groups is 1. The Labute approximate surface area is 203 Å². The third kappa shape index (κ3) is 5.08. The number of halogens is 2. The van der Waals surface area contributed by atoms with Gasteiger partial charge in [-0.2, -0.15) is 0 Å². The van der Waals surface area contributed by atoms with Crippen molar-refractivity contribution >= 4 is 53.5 Å². The fourth-order valence-corrected chi connectivity index (χ4v) is 5.48. The van der Waals surface area contributed by atoms with Gasteiger partial charge in [-0.3, -0.25) is 19.5 Å². The van der Waals surface area contributed by atoms with Crippen molar-refractivity contribution in [2.45, 2.75) is 18.2 Å². The summed E-state index contributed by atoms with van der Waals surface area (Å²) in [6.45, 7) is 3.96. The second-order valence-electron chi connectivity index (χ2n) is 7.79. The highest BCUT2D eigenvalue weighted by molar-refractivity contribution is 14.0. The molecule has 168 valence electrons. The Hall–Kier alpha value is -1.62. The van der Waals surface area contributed by atoms with Crippen LogP contribution in [0.15, 0.2) is 46.3 Å². The van der Waals surface area contributed by atoms with Gasteiger partial charge in [0.2, 0.25) is 11.8 Å². The lowest BCUT2D eigenvalue weighted by Crippen LogP contribution is -2.40. The van der Waals surface area contributed by atoms with Crippen LogP contribution in [0.3, 0.4) is 0 Å². The lowest BCUT2D eigenvalue weighted by molar-refractivity contribution is -0.140. The number of imide groups is 1. The number of rotatable bonds is 8. The van der Waals surface area contributed by atoms with Crippen molar-refractivity contribution in [3.8, 4) is 0 Å². The van der Waals surface area contributed by atoms with Crippen molar-refractivity contribution in [3.63, 3.8) is 0 Å². The van der Waals surface area contributed by atoms with Gasteiger partial charge in [-0.1, -0.05) is 24.3 Å². The van der Waals surface area contributed by atoms with Gasteiger partial charge in [0, 0.05) is 30.3 Å². The van der Waals surface area contributed by atoms with Crippen LogP contribution >= 0.6 is 35.7 Å². The molecule has 1 heterocycles. The number of benzene rings is 1. The first kappa shape index (κ1) is 24.0. The second kappa shape index (κ2) is 10.8. The van der Waals surface area contributed by atoms with E-state index < -0.39 is 0 Å². The molecule has 1 aromatic carbocycles. The number of thioether (sulfide) groups is 1. The van der Waals surface area contributed by atoms with E-state index in [1.54, 1.807) is 12.1 Å². The minimum absolute atomic E-state index is 0. The maximum atomic E-state index is 13.7. The monoisotopic (exact) mass is 558 g/mol. The van der Waals surface area contributed by atoms with Gasteiger partial charge >= 0.3 is 0 Å². The summed E-state index contributed by atoms with van der Waals surface area (Å²) in [5.74, 6) is 1.20. The largest absolute Gasteiger partial charge is 0.357 e. The molecule has 1 aromatic rings. The Kier molecular flexibility index (Phi) is 8.37. The van der Waals surface area contributed by atoms with Crippen LogP contribution in [-0.2, 0) is 9.59 Å². The zero-order valence-corrected chi connectivity index (χ0v) is 20.6. The molecule has 1 aliphatic heterocycles. The molecule has 4 rings (SSSR count). The predicted octanol–water partition coefficient (Wildman–Crippen LogP) is 2.90. The van der Waals surface area contributed by atoms with Gasteiger partial charge < -0.3 is 10.6 Å². The van der Waals surface area contributed by atoms with Gasteiger partial charge in [0.05, 0.1) is 18.4 Å². The topological polar surface area (TPSA) is 73.8 Å². The van der Waals surface area contributed by atoms with Gasteiger partial charge in [0.25, 0.3) is 0 Å². The number of carbonyl (C=O) groups is 2. The fraction of sp³-hybridized carbons (Fsp3) is 0.500. The normalized spacial score (nSPS) is 26.3. The van der Waals surface area contributed by atoms with Crippen LogP contribution in [0.5, 0.6) is 0 Å². The molecule has 0 radical (unpaired) electrons. The number of carbonyl (C=O) groups excluding carboxylic acids is 2. The Morgan fingerprint density at radius 2 is 1.84 bits per heavy atom. The number of allylic oxidation sites excluding steroid dienone is 2. The summed E-state index contributed by atoms with van der Waals surface area (Å²) in [6, 6.07) is 6.72. The van der Waals surface area contributed by atoms with Crippen LogP contribution in [0.4, 0.5) is 4.39 Å². The molecule has 4 unspecified atom stereocenters. The standard InChI is InChI=1S/C22H27FN4O2S.HI/c1-2-24-22(26-10-12-30-17-6-4-3-5-16(17)23)25-9-11-27-20(28)18-14-7-8-15(13-14)19(18)21(27)29;/h3-8,14-15,18-19H,2,9-13H2,1H3,(H2,24,25,26);1H. The maximum absolute atomic E-state index is 13.7. The summed E-state index contributed by atoms with van der Waals surface area (Å²) in [7, 11) is 0. The van der Waals surface area contributed by atoms with Crippen LogP contribution in [0.25, 0.3) is 0 Å². The average molecular weight is 558 g/mol. The molecule has 2 N–H and O–H groups in total. The van der Waals surface area contributed by atoms with E-state index in [4.69, 9.17) is 0 Å². The number of fused-ring (bicyclic) bond motifs is 5. The zero-order chi connectivity index (χ0) is 21.1. The number of hydrogen-bond donors (Lipinski definition) is 2. The molecule has 4 atom stereocenters. The smallest absolute Gasteiger partial charge is 0.233 e. The molecule has 3 aliphatic rings. The Morgan fingerprint density at radius 1 is 1.16 bits per heavy atom. The highest BCUT2D eigenvalue weighted by Crippen LogP contribution is 2.52. The highest BCUT2D eigenvalue weighted by Gasteiger charge is 2.58. The van der Waals surface area contributed by atoms with E-state index in [0.29, 0.717) is 42.8 Å². The molecule has 31 heavy (non-hydrogen) atoms. The van der Waals surface area contributed by atoms with Gasteiger partial charge in [0.1, 0.15) is 5.82 Å². The van der Waals surface area contributed by atoms with Crippen LogP contribution in [-0.4, -0.2) is 54.6 Å². The van der Waals surface area contributed by atoms with E-state index in [9.17, 15) is 14.0 Å². The summed E-state index contributed by atoms with van der Waals surface area (Å²) in [6.07, 6.45) is 5.15. The molecule has 2 amide bonds. The third-order valence-electron chi connectivity index (χ3n) is 5.99. The van der Waals surface area contributed by atoms with Crippen molar-refractivity contribution in [1.82, 2.24) is 15.5 Å². The Morgan fingerprint density at radius 3 is 2.48 bits per heavy atom. The molecule has 2 bridgehead atoms. The van der Waals surface area contributed by atoms with E-state index in [0.717, 1.165) is 6.42 Å². The molecule has 2 fully saturated rings. The minimum Gasteiger partial charge on any atom is -0.357 e. The van der Waals surface area contributed by atoms with Crippen molar-refractivity contribution < 1.29 is 14.0 Å². The molecule has 0 aromatic heterocycles. The quantitative estimate of drug-likeness (QED) is 0.0977. The zero-order valence-electron chi connectivity index (χ0n) is 17.4. The summed E-state index contributed by atoms with van der Waals surface area (Å²) in [5, 5.41) is 6.38. The van der Waals surface area contributed by atoms with Crippen LogP contribution in [0, 0.1) is 29.5 Å². The molecular formula is C22H28FIN4O2S. The van der Waals surface area contributed by atoms with Crippen LogP contribution < -0.4 is 10.6 Å². The predicted molar refractivity (Wildman–Crippen MR) is 131 cm³/mol. The van der Waals surface area contributed by atoms with E-state index in [1.165, 1.54) is 22.7 Å². The van der Waals surface area contributed by atoms with Crippen molar-refractivity contribution in [2.75, 3.05) is 31.9 Å². The van der Waals surface area contributed by atoms with Crippen LogP contribution in [0.1, 0.15) is 13.3 Å². The number of aliphatic imine (C=N–C) groups is 1. The molecule has 2 aliphatic carbocycles. The first-order valence-electron chi connectivity index (χ1n) is 10.5. The highest BCUT2D eigenvalue weighted by atomic mass is 127. The summed E-state index contributed by atoms with van der Waals surface area (Å²) in [5.41, 5.74) is 0. The number of nitrogens with zero attached hydrogens (tertiary/aromatic N) is 2. The number of amides is 2. The van der Waals surface area contributed by atoms with Crippen LogP contribution in [0.2, 0.25) is 0 Å². The molecular weight excluding hydrogens is 530 g/mol.